The Morgan fingerprint density at radius 2 is 0.494 bits per heavy atom. The summed E-state index contributed by atoms with van der Waals surface area (Å²) >= 11 is 0. The lowest BCUT2D eigenvalue weighted by Crippen LogP contribution is -2.03. The van der Waals surface area contributed by atoms with Crippen molar-refractivity contribution in [3.63, 3.8) is 0 Å². The maximum Gasteiger partial charge on any atom is 0.164 e. The lowest BCUT2D eigenvalue weighted by molar-refractivity contribution is 0.509. The van der Waals surface area contributed by atoms with Gasteiger partial charge in [0.25, 0.3) is 0 Å². The number of halogens is 2. The van der Waals surface area contributed by atoms with E-state index in [0.717, 1.165) is 61.3 Å². The van der Waals surface area contributed by atoms with E-state index in [2.05, 4.69) is 28.8 Å². The molecule has 4 heterocycles. The number of nitrogens with zero attached hydrogens (tertiary/aromatic N) is 10. The molecule has 0 unspecified atom stereocenters. The molecule has 0 fully saturated rings. The topological polar surface area (TPSA) is 121 Å². The lowest BCUT2D eigenvalue weighted by atomic mass is 10.00. The van der Waals surface area contributed by atoms with Crippen molar-refractivity contribution in [1.82, 2.24) is 49.4 Å². The minimum Gasteiger partial charge on any atom is -0.309 e. The first-order valence-electron chi connectivity index (χ1n) is 26.2. The van der Waals surface area contributed by atoms with Crippen LogP contribution in [0.2, 0.25) is 0 Å². The molecule has 0 spiro atoms. The van der Waals surface area contributed by atoms with Gasteiger partial charge < -0.3 is 4.57 Å². The van der Waals surface area contributed by atoms with Crippen molar-refractivity contribution in [2.24, 2.45) is 0 Å². The van der Waals surface area contributed by atoms with Crippen molar-refractivity contribution < 1.29 is 8.78 Å². The minimum absolute atomic E-state index is 0.405. The van der Waals surface area contributed by atoms with Crippen molar-refractivity contribution in [3.05, 3.63) is 266 Å². The lowest BCUT2D eigenvalue weighted by Gasteiger charge is -2.17. The van der Waals surface area contributed by atoms with E-state index >= 15 is 4.39 Å². The Kier molecular flexibility index (Phi) is 12.3. The fraction of sp³-hybridized carbons (Fsp3) is 0. The Bertz CT molecular complexity index is 4290. The number of fused-ring (bicyclic) bond motifs is 3. The Labute approximate surface area is 463 Å². The van der Waals surface area contributed by atoms with Crippen LogP contribution in [0.1, 0.15) is 0 Å². The summed E-state index contributed by atoms with van der Waals surface area (Å²) in [7, 11) is 0. The molecule has 382 valence electrons. The molecule has 81 heavy (non-hydrogen) atoms. The molecule has 0 amide bonds. The molecule has 0 saturated carbocycles. The third-order valence-electron chi connectivity index (χ3n) is 14.1. The predicted molar refractivity (Wildman–Crippen MR) is 315 cm³/mol. The van der Waals surface area contributed by atoms with Gasteiger partial charge in [-0.15, -0.1) is 0 Å². The molecule has 12 heteroatoms. The van der Waals surface area contributed by atoms with Crippen molar-refractivity contribution in [2.75, 3.05) is 0 Å². The van der Waals surface area contributed by atoms with Gasteiger partial charge in [-0.3, -0.25) is 0 Å². The number of benzene rings is 10. The Morgan fingerprint density at radius 3 is 0.802 bits per heavy atom. The average Bonchev–Trinajstić information content (AvgIpc) is 3.88. The zero-order valence-corrected chi connectivity index (χ0v) is 43.0. The van der Waals surface area contributed by atoms with Gasteiger partial charge in [0.15, 0.2) is 64.1 Å². The van der Waals surface area contributed by atoms with E-state index < -0.39 is 11.6 Å². The monoisotopic (exact) mass is 1050 g/mol. The van der Waals surface area contributed by atoms with Crippen LogP contribution in [0.15, 0.2) is 255 Å². The summed E-state index contributed by atoms with van der Waals surface area (Å²) in [5.74, 6) is 2.41. The summed E-state index contributed by atoms with van der Waals surface area (Å²) in [6.45, 7) is 0. The van der Waals surface area contributed by atoms with E-state index in [1.165, 1.54) is 6.07 Å². The first-order chi connectivity index (χ1) is 39.9. The zero-order chi connectivity index (χ0) is 54.2. The second-order valence-electron chi connectivity index (χ2n) is 19.3. The van der Waals surface area contributed by atoms with Crippen LogP contribution in [-0.2, 0) is 0 Å². The maximum absolute atomic E-state index is 15.7. The van der Waals surface area contributed by atoms with Crippen LogP contribution in [-0.4, -0.2) is 49.4 Å². The molecule has 0 radical (unpaired) electrons. The predicted octanol–water partition coefficient (Wildman–Crippen LogP) is 16.3. The fourth-order valence-corrected chi connectivity index (χ4v) is 10.1. The van der Waals surface area contributed by atoms with Gasteiger partial charge in [-0.2, -0.15) is 0 Å². The van der Waals surface area contributed by atoms with Crippen LogP contribution < -0.4 is 0 Å². The third-order valence-corrected chi connectivity index (χ3v) is 14.1. The average molecular weight is 1050 g/mol. The summed E-state index contributed by atoms with van der Waals surface area (Å²) in [6.07, 6.45) is 0. The van der Waals surface area contributed by atoms with Gasteiger partial charge in [0, 0.05) is 66.4 Å². The summed E-state index contributed by atoms with van der Waals surface area (Å²) < 4.78 is 32.8. The standard InChI is InChI=1S/C69H42F2N10/c70-56-38-34-49(39-57(56)71)53-35-31-50(67-75-61(43-19-7-1-8-20-43)72-62(76-67)44-21-9-2-10-22-44)40-58(53)81-59-41-51(68-77-63(45-23-11-3-12-24-45)73-64(78-68)46-25-13-4-14-26-46)32-36-54(59)55-37-33-52(42-60(55)81)69-79-65(47-27-15-5-16-28-47)74-66(80-69)48-29-17-6-18-30-48/h1-42H. The number of hydrogen-bond acceptors (Lipinski definition) is 9. The Morgan fingerprint density at radius 1 is 0.222 bits per heavy atom. The highest BCUT2D eigenvalue weighted by molar-refractivity contribution is 6.11. The van der Waals surface area contributed by atoms with E-state index in [1.807, 2.05) is 212 Å². The molecule has 0 aliphatic heterocycles. The summed E-state index contributed by atoms with van der Waals surface area (Å²) in [4.78, 5) is 45.7. The van der Waals surface area contributed by atoms with Gasteiger partial charge in [0.1, 0.15) is 0 Å². The van der Waals surface area contributed by atoms with Crippen molar-refractivity contribution in [1.29, 1.82) is 0 Å². The van der Waals surface area contributed by atoms with Gasteiger partial charge in [-0.05, 0) is 35.9 Å². The Balaban J connectivity index is 1.06. The molecular formula is C69H42F2N10. The highest BCUT2D eigenvalue weighted by atomic mass is 19.2. The molecule has 0 atom stereocenters. The second-order valence-corrected chi connectivity index (χ2v) is 19.3. The molecule has 0 saturated heterocycles. The number of rotatable bonds is 11. The normalized spacial score (nSPS) is 11.3. The summed E-state index contributed by atoms with van der Waals surface area (Å²) in [5, 5.41) is 1.79. The first kappa shape index (κ1) is 48.3. The Hall–Kier alpha value is -11.1. The van der Waals surface area contributed by atoms with Crippen molar-refractivity contribution >= 4 is 21.8 Å². The van der Waals surface area contributed by atoms with Crippen LogP contribution in [0.4, 0.5) is 8.78 Å². The van der Waals surface area contributed by atoms with Gasteiger partial charge in [-0.1, -0.05) is 224 Å². The van der Waals surface area contributed by atoms with Gasteiger partial charge in [0.2, 0.25) is 0 Å². The number of aromatic nitrogens is 10. The van der Waals surface area contributed by atoms with E-state index in [1.54, 1.807) is 6.07 Å². The molecule has 14 aromatic rings. The van der Waals surface area contributed by atoms with Crippen molar-refractivity contribution in [2.45, 2.75) is 0 Å². The minimum atomic E-state index is -0.983. The maximum atomic E-state index is 15.7. The number of hydrogen-bond donors (Lipinski definition) is 0. The molecular weight excluding hydrogens is 1010 g/mol. The fourth-order valence-electron chi connectivity index (χ4n) is 10.1. The molecule has 0 aliphatic carbocycles. The van der Waals surface area contributed by atoms with Crippen molar-refractivity contribution in [3.8, 4) is 119 Å². The highest BCUT2D eigenvalue weighted by Gasteiger charge is 2.23. The third kappa shape index (κ3) is 9.42. The summed E-state index contributed by atoms with van der Waals surface area (Å²) in [6, 6.07) is 81.1. The molecule has 10 nitrogen and oxygen atoms in total. The van der Waals surface area contributed by atoms with Crippen LogP contribution >= 0.6 is 0 Å². The van der Waals surface area contributed by atoms with Crippen LogP contribution in [0.3, 0.4) is 0 Å². The van der Waals surface area contributed by atoms with E-state index in [9.17, 15) is 4.39 Å². The zero-order valence-electron chi connectivity index (χ0n) is 43.0. The summed E-state index contributed by atoms with van der Waals surface area (Å²) in [5.41, 5.74) is 10.2. The molecule has 4 aromatic heterocycles. The van der Waals surface area contributed by atoms with Gasteiger partial charge >= 0.3 is 0 Å². The molecule has 0 aliphatic rings. The SMILES string of the molecule is Fc1ccc(-c2ccc(-c3nc(-c4ccccc4)nc(-c4ccccc4)n3)cc2-n2c3cc(-c4nc(-c5ccccc5)nc(-c5ccccc5)n4)ccc3c3ccc(-c4nc(-c5ccccc5)nc(-c5ccccc5)n4)cc32)cc1F. The van der Waals surface area contributed by atoms with Crippen LogP contribution in [0, 0.1) is 11.6 Å². The molecule has 0 bridgehead atoms. The van der Waals surface area contributed by atoms with Gasteiger partial charge in [-0.25, -0.2) is 53.6 Å². The smallest absolute Gasteiger partial charge is 0.164 e. The molecule has 10 aromatic carbocycles. The van der Waals surface area contributed by atoms with Crippen LogP contribution in [0.5, 0.6) is 0 Å². The highest BCUT2D eigenvalue weighted by Crippen LogP contribution is 2.42. The second kappa shape index (κ2) is 20.7. The molecule has 0 N–H and O–H groups in total. The first-order valence-corrected chi connectivity index (χ1v) is 26.2. The van der Waals surface area contributed by atoms with Gasteiger partial charge in [0.05, 0.1) is 16.7 Å². The molecule has 14 rings (SSSR count). The van der Waals surface area contributed by atoms with E-state index in [4.69, 9.17) is 44.9 Å². The quantitative estimate of drug-likeness (QED) is 0.125. The van der Waals surface area contributed by atoms with Crippen LogP contribution in [0.25, 0.3) is 141 Å². The largest absolute Gasteiger partial charge is 0.309 e. The van der Waals surface area contributed by atoms with E-state index in [0.29, 0.717) is 85.9 Å². The van der Waals surface area contributed by atoms with E-state index in [-0.39, 0.29) is 0 Å².